The highest BCUT2D eigenvalue weighted by Gasteiger charge is 2.64. The van der Waals surface area contributed by atoms with E-state index in [2.05, 4.69) is 6.92 Å². The van der Waals surface area contributed by atoms with Crippen molar-refractivity contribution in [2.24, 2.45) is 10.8 Å². The molecule has 4 aliphatic heterocycles. The van der Waals surface area contributed by atoms with Crippen LogP contribution in [0, 0.1) is 10.8 Å². The van der Waals surface area contributed by atoms with Crippen LogP contribution in [-0.2, 0) is 4.79 Å². The minimum Gasteiger partial charge on any atom is -0.394 e. The lowest BCUT2D eigenvalue weighted by Gasteiger charge is -2.66. The number of unbranched alkanes of at least 4 members (excludes halogenated alkanes) is 1. The number of aliphatic hydroxyl groups is 5. The monoisotopic (exact) mass is 372 g/mol. The average molecular weight is 372 g/mol. The van der Waals surface area contributed by atoms with Crippen molar-refractivity contribution in [3.05, 3.63) is 0 Å². The number of hydrogen-bond donors (Lipinski definition) is 5. The average Bonchev–Trinajstić information content (AvgIpc) is 2.61. The van der Waals surface area contributed by atoms with Crippen LogP contribution in [0.25, 0.3) is 0 Å². The molecule has 26 heavy (non-hydrogen) atoms. The van der Waals surface area contributed by atoms with Crippen molar-refractivity contribution in [3.8, 4) is 0 Å². The molecular weight excluding hydrogens is 340 g/mol. The van der Waals surface area contributed by atoms with Crippen LogP contribution in [0.1, 0.15) is 33.1 Å². The molecule has 4 heterocycles. The SMILES string of the molecule is CCCCC12CN3CC(C)(CN(C1)C3C(O)C(O)C(O)C(O)CO)C2=O. The first-order valence-electron chi connectivity index (χ1n) is 9.55. The Balaban J connectivity index is 1.81. The van der Waals surface area contributed by atoms with Gasteiger partial charge in [-0.1, -0.05) is 26.7 Å². The summed E-state index contributed by atoms with van der Waals surface area (Å²) >= 11 is 0. The van der Waals surface area contributed by atoms with Crippen molar-refractivity contribution in [2.45, 2.75) is 63.7 Å². The molecule has 0 saturated carbocycles. The molecule has 0 spiro atoms. The summed E-state index contributed by atoms with van der Waals surface area (Å²) in [5.74, 6) is 0.315. The molecule has 4 saturated heterocycles. The maximum Gasteiger partial charge on any atom is 0.150 e. The first-order chi connectivity index (χ1) is 12.2. The highest BCUT2D eigenvalue weighted by atomic mass is 16.4. The number of ketones is 1. The van der Waals surface area contributed by atoms with Gasteiger partial charge < -0.3 is 25.5 Å². The van der Waals surface area contributed by atoms with Gasteiger partial charge in [-0.2, -0.15) is 0 Å². The van der Waals surface area contributed by atoms with E-state index in [0.29, 0.717) is 32.0 Å². The quantitative estimate of drug-likeness (QED) is 0.336. The van der Waals surface area contributed by atoms with Crippen LogP contribution >= 0.6 is 0 Å². The molecule has 0 aromatic rings. The Labute approximate surface area is 154 Å². The standard InChI is InChI=1S/C18H32N2O6/c1-3-4-5-18-9-19-7-17(2,16(18)26)8-20(10-18)15(19)14(25)13(24)12(23)11(22)6-21/h11-15,21-25H,3-10H2,1-2H3. The van der Waals surface area contributed by atoms with Crippen LogP contribution < -0.4 is 0 Å². The van der Waals surface area contributed by atoms with Crippen LogP contribution in [0.2, 0.25) is 0 Å². The molecule has 8 nitrogen and oxygen atoms in total. The maximum atomic E-state index is 13.1. The van der Waals surface area contributed by atoms with E-state index in [1.807, 2.05) is 16.7 Å². The lowest BCUT2D eigenvalue weighted by Crippen LogP contribution is -2.81. The van der Waals surface area contributed by atoms with Gasteiger partial charge in [0, 0.05) is 26.2 Å². The van der Waals surface area contributed by atoms with Crippen molar-refractivity contribution in [2.75, 3.05) is 32.8 Å². The molecule has 5 N–H and O–H groups in total. The zero-order valence-electron chi connectivity index (χ0n) is 15.6. The number of piperidine rings is 2. The van der Waals surface area contributed by atoms with Crippen LogP contribution in [0.3, 0.4) is 0 Å². The van der Waals surface area contributed by atoms with Gasteiger partial charge in [0.15, 0.2) is 0 Å². The number of carbonyl (C=O) groups excluding carboxylic acids is 1. The summed E-state index contributed by atoms with van der Waals surface area (Å²) in [4.78, 5) is 17.2. The minimum absolute atomic E-state index is 0.315. The largest absolute Gasteiger partial charge is 0.394 e. The van der Waals surface area contributed by atoms with Crippen molar-refractivity contribution in [1.82, 2.24) is 9.80 Å². The number of Topliss-reactive ketones (excluding diaryl/α,β-unsaturated/α-hetero) is 1. The van der Waals surface area contributed by atoms with Crippen molar-refractivity contribution in [1.29, 1.82) is 0 Å². The Hall–Kier alpha value is -0.610. The Bertz CT molecular complexity index is 528. The van der Waals surface area contributed by atoms with Gasteiger partial charge in [-0.05, 0) is 6.42 Å². The smallest absolute Gasteiger partial charge is 0.150 e. The molecule has 0 radical (unpaired) electrons. The second kappa shape index (κ2) is 7.09. The molecule has 4 rings (SSSR count). The fraction of sp³-hybridized carbons (Fsp3) is 0.944. The van der Waals surface area contributed by atoms with Gasteiger partial charge in [-0.3, -0.25) is 14.6 Å². The lowest BCUT2D eigenvalue weighted by atomic mass is 9.59. The molecule has 6 atom stereocenters. The van der Waals surface area contributed by atoms with E-state index in [1.165, 1.54) is 0 Å². The zero-order valence-corrected chi connectivity index (χ0v) is 15.6. The lowest BCUT2D eigenvalue weighted by molar-refractivity contribution is -0.231. The van der Waals surface area contributed by atoms with Crippen LogP contribution in [0.4, 0.5) is 0 Å². The molecule has 4 aliphatic rings. The molecule has 150 valence electrons. The summed E-state index contributed by atoms with van der Waals surface area (Å²) in [7, 11) is 0. The topological polar surface area (TPSA) is 125 Å². The van der Waals surface area contributed by atoms with Crippen LogP contribution in [-0.4, -0.2) is 104 Å². The third kappa shape index (κ3) is 3.01. The van der Waals surface area contributed by atoms with E-state index < -0.39 is 48.0 Å². The molecule has 6 unspecified atom stereocenters. The van der Waals surface area contributed by atoms with Gasteiger partial charge in [0.2, 0.25) is 0 Å². The molecule has 0 aliphatic carbocycles. The van der Waals surface area contributed by atoms with Crippen molar-refractivity contribution >= 4 is 5.78 Å². The van der Waals surface area contributed by atoms with Crippen molar-refractivity contribution in [3.63, 3.8) is 0 Å². The predicted octanol–water partition coefficient (Wildman–Crippen LogP) is -1.85. The number of aliphatic hydroxyl groups excluding tert-OH is 5. The number of nitrogens with zero attached hydrogens (tertiary/aromatic N) is 2. The summed E-state index contributed by atoms with van der Waals surface area (Å²) in [5, 5.41) is 49.5. The van der Waals surface area contributed by atoms with Crippen LogP contribution in [0.5, 0.6) is 0 Å². The van der Waals surface area contributed by atoms with Gasteiger partial charge in [0.1, 0.15) is 30.2 Å². The molecular formula is C18H32N2O6. The third-order valence-corrected chi connectivity index (χ3v) is 6.49. The summed E-state index contributed by atoms with van der Waals surface area (Å²) in [6.45, 7) is 5.50. The summed E-state index contributed by atoms with van der Waals surface area (Å²) in [5.41, 5.74) is -0.902. The van der Waals surface area contributed by atoms with Crippen LogP contribution in [0.15, 0.2) is 0 Å². The van der Waals surface area contributed by atoms with E-state index in [0.717, 1.165) is 19.3 Å². The highest BCUT2D eigenvalue weighted by Crippen LogP contribution is 2.51. The van der Waals surface area contributed by atoms with Gasteiger partial charge in [0.25, 0.3) is 0 Å². The van der Waals surface area contributed by atoms with Gasteiger partial charge in [-0.15, -0.1) is 0 Å². The first-order valence-corrected chi connectivity index (χ1v) is 9.55. The normalized spacial score (nSPS) is 43.3. The summed E-state index contributed by atoms with van der Waals surface area (Å²) in [6, 6.07) is 0. The summed E-state index contributed by atoms with van der Waals surface area (Å²) in [6.07, 6.45) is -3.76. The van der Waals surface area contributed by atoms with E-state index in [1.54, 1.807) is 0 Å². The maximum absolute atomic E-state index is 13.1. The van der Waals surface area contributed by atoms with Crippen molar-refractivity contribution < 1.29 is 30.3 Å². The number of rotatable bonds is 8. The molecule has 4 bridgehead atoms. The van der Waals surface area contributed by atoms with Gasteiger partial charge >= 0.3 is 0 Å². The first kappa shape index (κ1) is 20.1. The Kier molecular flexibility index (Phi) is 5.49. The fourth-order valence-corrected chi connectivity index (χ4v) is 5.35. The fourth-order valence-electron chi connectivity index (χ4n) is 5.35. The van der Waals surface area contributed by atoms with Gasteiger partial charge in [0.05, 0.1) is 23.6 Å². The minimum atomic E-state index is -1.64. The zero-order chi connectivity index (χ0) is 19.3. The summed E-state index contributed by atoms with van der Waals surface area (Å²) < 4.78 is 0. The van der Waals surface area contributed by atoms with E-state index in [9.17, 15) is 25.2 Å². The highest BCUT2D eigenvalue weighted by molar-refractivity contribution is 5.93. The Morgan fingerprint density at radius 3 is 2.15 bits per heavy atom. The predicted molar refractivity (Wildman–Crippen MR) is 93.1 cm³/mol. The second-order valence-corrected chi connectivity index (χ2v) is 8.72. The second-order valence-electron chi connectivity index (χ2n) is 8.72. The Morgan fingerprint density at radius 1 is 1.08 bits per heavy atom. The molecule has 0 aromatic heterocycles. The number of hydrogen-bond acceptors (Lipinski definition) is 8. The van der Waals surface area contributed by atoms with Gasteiger partial charge in [-0.25, -0.2) is 0 Å². The molecule has 4 fully saturated rings. The van der Waals surface area contributed by atoms with E-state index >= 15 is 0 Å². The third-order valence-electron chi connectivity index (χ3n) is 6.49. The number of carbonyl (C=O) groups is 1. The van der Waals surface area contributed by atoms with E-state index in [-0.39, 0.29) is 0 Å². The Morgan fingerprint density at radius 2 is 1.65 bits per heavy atom. The molecule has 0 amide bonds. The molecule has 8 heteroatoms. The molecule has 0 aromatic carbocycles. The van der Waals surface area contributed by atoms with E-state index in [4.69, 9.17) is 5.11 Å².